The van der Waals surface area contributed by atoms with E-state index in [0.717, 1.165) is 0 Å². The van der Waals surface area contributed by atoms with Crippen LogP contribution in [-0.4, -0.2) is 20.6 Å². The van der Waals surface area contributed by atoms with Gasteiger partial charge in [-0.1, -0.05) is 189 Å². The molecule has 65 heavy (non-hydrogen) atoms. The second-order valence-corrected chi connectivity index (χ2v) is 25.5. The number of hydrogen-bond acceptors (Lipinski definition) is 0. The van der Waals surface area contributed by atoms with Gasteiger partial charge in [0.1, 0.15) is 20.5 Å². The SMILES string of the molecule is Cc1cc(C)c([B-]2(c3c(C)cc(C)cc3C)c3ccccc3-c3ccc([Si](C)(C)c4ccc5[n+](c4)[B-](c4c(C)cc(C)cc4C)(c4c(C)cc(C)cc4C)c4ccccc4-5)c[n+]32)c(C)c1. The third-order valence-electron chi connectivity index (χ3n) is 16.2. The minimum absolute atomic E-state index is 1.30. The summed E-state index contributed by atoms with van der Waals surface area (Å²) in [5.41, 5.74) is 30.0. The van der Waals surface area contributed by atoms with E-state index in [9.17, 15) is 0 Å². The van der Waals surface area contributed by atoms with Gasteiger partial charge in [-0.15, -0.1) is 32.8 Å². The standard InChI is InChI=1S/C60H64B2N2Si/c1-37-27-41(5)57(42(6)28-37)61(58-43(7)29-38(2)30-44(58)8)53-21-17-15-19-51(53)55-25-23-49(35-63(55)61)65(13,14)50-24-26-56-52-20-16-18-22-54(52)62(64(56)36-50,59-45(9)31-39(3)32-46(59)10)60-47(11)33-40(4)34-48(60)12/h15-36H,1-14H3. The Kier molecular flexibility index (Phi) is 9.90. The lowest BCUT2D eigenvalue weighted by Crippen LogP contribution is -2.85. The van der Waals surface area contributed by atoms with Crippen molar-refractivity contribution in [2.75, 3.05) is 0 Å². The Hall–Kier alpha value is -6.03. The first-order valence-electron chi connectivity index (χ1n) is 23.9. The number of benzene rings is 6. The average Bonchev–Trinajstić information content (AvgIpc) is 3.67. The van der Waals surface area contributed by atoms with E-state index >= 15 is 0 Å². The lowest BCUT2D eigenvalue weighted by atomic mass is 9.22. The fraction of sp³-hybridized carbons (Fsp3) is 0.233. The molecule has 10 rings (SSSR count). The molecule has 0 atom stereocenters. The van der Waals surface area contributed by atoms with E-state index in [2.05, 4.69) is 239 Å². The molecule has 0 radical (unpaired) electrons. The van der Waals surface area contributed by atoms with E-state index in [4.69, 9.17) is 0 Å². The number of aryl methyl sites for hydroxylation is 12. The predicted molar refractivity (Wildman–Crippen MR) is 284 cm³/mol. The first-order valence-corrected chi connectivity index (χ1v) is 26.9. The Labute approximate surface area is 390 Å². The number of rotatable bonds is 6. The highest BCUT2D eigenvalue weighted by Gasteiger charge is 2.55. The van der Waals surface area contributed by atoms with Crippen molar-refractivity contribution >= 4 is 63.8 Å². The van der Waals surface area contributed by atoms with E-state index in [1.54, 1.807) is 0 Å². The molecule has 0 saturated heterocycles. The zero-order valence-corrected chi connectivity index (χ0v) is 42.3. The van der Waals surface area contributed by atoms with Gasteiger partial charge in [0.15, 0.2) is 11.4 Å². The van der Waals surface area contributed by atoms with E-state index < -0.39 is 20.6 Å². The van der Waals surface area contributed by atoms with Gasteiger partial charge in [0.25, 0.3) is 0 Å². The maximum absolute atomic E-state index is 2.77. The van der Waals surface area contributed by atoms with Gasteiger partial charge in [-0.05, 0) is 83.1 Å². The molecule has 4 heterocycles. The zero-order valence-electron chi connectivity index (χ0n) is 41.3. The lowest BCUT2D eigenvalue weighted by Gasteiger charge is -2.40. The highest BCUT2D eigenvalue weighted by Crippen LogP contribution is 2.30. The average molecular weight is 863 g/mol. The normalized spacial score (nSPS) is 14.2. The van der Waals surface area contributed by atoms with Gasteiger partial charge in [-0.3, -0.25) is 0 Å². The van der Waals surface area contributed by atoms with Crippen molar-refractivity contribution in [3.63, 3.8) is 0 Å². The molecule has 0 unspecified atom stereocenters. The minimum Gasteiger partial charge on any atom is -0.408 e. The van der Waals surface area contributed by atoms with Gasteiger partial charge in [0.05, 0.1) is 0 Å². The maximum Gasteiger partial charge on any atom is 0.362 e. The van der Waals surface area contributed by atoms with Crippen LogP contribution in [0.2, 0.25) is 13.1 Å². The summed E-state index contributed by atoms with van der Waals surface area (Å²) in [4.78, 5) is 0. The molecule has 0 N–H and O–H groups in total. The summed E-state index contributed by atoms with van der Waals surface area (Å²) in [7, 11) is -2.44. The Balaban J connectivity index is 1.28. The van der Waals surface area contributed by atoms with Crippen LogP contribution in [0.15, 0.2) is 134 Å². The van der Waals surface area contributed by atoms with Gasteiger partial charge >= 0.3 is 12.6 Å². The lowest BCUT2D eigenvalue weighted by molar-refractivity contribution is -0.523. The summed E-state index contributed by atoms with van der Waals surface area (Å²) >= 11 is 0. The molecule has 8 aromatic rings. The third-order valence-corrected chi connectivity index (χ3v) is 19.7. The van der Waals surface area contributed by atoms with Gasteiger partial charge in [0.2, 0.25) is 0 Å². The molecule has 6 aromatic carbocycles. The van der Waals surface area contributed by atoms with E-state index in [1.165, 1.54) is 132 Å². The summed E-state index contributed by atoms with van der Waals surface area (Å²) < 4.78 is 5.54. The Morgan fingerprint density at radius 3 is 0.877 bits per heavy atom. The van der Waals surface area contributed by atoms with Crippen LogP contribution < -0.4 is 52.1 Å². The number of fused-ring (bicyclic) bond motifs is 6. The quantitative estimate of drug-likeness (QED) is 0.151. The van der Waals surface area contributed by atoms with Crippen molar-refractivity contribution in [3.05, 3.63) is 200 Å². The van der Waals surface area contributed by atoms with Gasteiger partial charge in [-0.2, -0.15) is 0 Å². The maximum atomic E-state index is 2.77. The molecular formula is C60H64B2N2Si. The van der Waals surface area contributed by atoms with E-state index in [1.807, 2.05) is 0 Å². The topological polar surface area (TPSA) is 7.76 Å². The van der Waals surface area contributed by atoms with Gasteiger partial charge < -0.3 is 8.96 Å². The van der Waals surface area contributed by atoms with Crippen LogP contribution in [0.5, 0.6) is 0 Å². The highest BCUT2D eigenvalue weighted by atomic mass is 28.3. The van der Waals surface area contributed by atoms with Crippen LogP contribution in [-0.2, 0) is 0 Å². The monoisotopic (exact) mass is 863 g/mol. The van der Waals surface area contributed by atoms with Crippen LogP contribution in [0, 0.1) is 83.1 Å². The molecule has 0 amide bonds. The minimum atomic E-state index is -2.44. The number of pyridine rings is 2. The van der Waals surface area contributed by atoms with Crippen molar-refractivity contribution in [2.24, 2.45) is 0 Å². The van der Waals surface area contributed by atoms with Crippen molar-refractivity contribution in [2.45, 2.75) is 96.2 Å². The summed E-state index contributed by atoms with van der Waals surface area (Å²) in [6.45, 7) is 33.0. The van der Waals surface area contributed by atoms with E-state index in [-0.39, 0.29) is 0 Å². The molecule has 0 bridgehead atoms. The largest absolute Gasteiger partial charge is 0.408 e. The molecule has 0 spiro atoms. The van der Waals surface area contributed by atoms with Crippen LogP contribution in [0.25, 0.3) is 22.5 Å². The molecule has 0 fully saturated rings. The molecule has 2 nitrogen and oxygen atoms in total. The molecule has 2 aliphatic rings. The van der Waals surface area contributed by atoms with Crippen LogP contribution in [0.3, 0.4) is 0 Å². The second-order valence-electron chi connectivity index (χ2n) is 21.1. The first kappa shape index (κ1) is 42.9. The zero-order chi connectivity index (χ0) is 46.1. The molecule has 0 aliphatic carbocycles. The van der Waals surface area contributed by atoms with Crippen LogP contribution in [0.4, 0.5) is 0 Å². The highest BCUT2D eigenvalue weighted by molar-refractivity contribution is 7.09. The number of hydrogen-bond donors (Lipinski definition) is 0. The Morgan fingerprint density at radius 1 is 0.338 bits per heavy atom. The van der Waals surface area contributed by atoms with Crippen molar-refractivity contribution < 1.29 is 8.96 Å². The summed E-state index contributed by atoms with van der Waals surface area (Å²) in [6.07, 6.45) is 1.98. The number of aromatic nitrogens is 2. The predicted octanol–water partition coefficient (Wildman–Crippen LogP) is 7.78. The van der Waals surface area contributed by atoms with Crippen LogP contribution in [0.1, 0.15) is 66.8 Å². The van der Waals surface area contributed by atoms with Gasteiger partial charge in [-0.25, -0.2) is 0 Å². The van der Waals surface area contributed by atoms with Gasteiger partial charge in [0, 0.05) is 33.6 Å². The van der Waals surface area contributed by atoms with E-state index in [0.29, 0.717) is 0 Å². The summed E-state index contributed by atoms with van der Waals surface area (Å²) in [6, 6.07) is 47.8. The second kappa shape index (κ2) is 15.0. The fourth-order valence-electron chi connectivity index (χ4n) is 14.4. The van der Waals surface area contributed by atoms with Crippen molar-refractivity contribution in [1.82, 2.24) is 0 Å². The molecular weight excluding hydrogens is 798 g/mol. The van der Waals surface area contributed by atoms with Crippen LogP contribution >= 0.6 is 0 Å². The molecule has 2 aliphatic heterocycles. The fourth-order valence-corrected chi connectivity index (χ4v) is 16.7. The first-order chi connectivity index (χ1) is 30.9. The third kappa shape index (κ3) is 6.00. The van der Waals surface area contributed by atoms with Crippen molar-refractivity contribution in [3.8, 4) is 22.5 Å². The summed E-state index contributed by atoms with van der Waals surface area (Å²) in [5.74, 6) is 0. The molecule has 2 aromatic heterocycles. The smallest absolute Gasteiger partial charge is 0.362 e. The summed E-state index contributed by atoms with van der Waals surface area (Å²) in [5, 5.41) is 2.87. The Morgan fingerprint density at radius 2 is 0.600 bits per heavy atom. The molecule has 324 valence electrons. The number of nitrogens with zero attached hydrogens (tertiary/aromatic N) is 2. The van der Waals surface area contributed by atoms with Crippen molar-refractivity contribution in [1.29, 1.82) is 0 Å². The Bertz CT molecular complexity index is 2910. The molecule has 0 saturated carbocycles. The molecule has 5 heteroatoms.